The minimum absolute atomic E-state index is 0.258. The van der Waals surface area contributed by atoms with Crippen molar-refractivity contribution in [3.05, 3.63) is 47.1 Å². The van der Waals surface area contributed by atoms with E-state index in [1.807, 2.05) is 24.4 Å². The van der Waals surface area contributed by atoms with Crippen molar-refractivity contribution in [2.75, 3.05) is 0 Å². The number of aromatic nitrogens is 2. The van der Waals surface area contributed by atoms with Crippen LogP contribution in [0.2, 0.25) is 0 Å². The molecule has 3 rings (SSSR count). The lowest BCUT2D eigenvalue weighted by atomic mass is 10.0. The van der Waals surface area contributed by atoms with Gasteiger partial charge in [-0.3, -0.25) is 0 Å². The van der Waals surface area contributed by atoms with Crippen molar-refractivity contribution in [3.63, 3.8) is 0 Å². The van der Waals surface area contributed by atoms with Crippen LogP contribution in [0.1, 0.15) is 16.2 Å². The normalized spacial score (nSPS) is 10.8. The molecule has 0 aliphatic rings. The van der Waals surface area contributed by atoms with Crippen LogP contribution < -0.4 is 0 Å². The number of rotatable bonds is 2. The third-order valence-electron chi connectivity index (χ3n) is 2.85. The zero-order valence-electron chi connectivity index (χ0n) is 10.1. The van der Waals surface area contributed by atoms with Crippen LogP contribution in [0.3, 0.4) is 0 Å². The van der Waals surface area contributed by atoms with Gasteiger partial charge in [-0.15, -0.1) is 11.3 Å². The van der Waals surface area contributed by atoms with Crippen LogP contribution in [0.5, 0.6) is 0 Å². The standard InChI is InChI=1S/C14H10N2O2S/c1-8-15-12(11-6-7-19-13(11)16-8)9-4-2-3-5-10(9)14(17)18/h2-7H,1H3,(H,17,18). The molecule has 94 valence electrons. The van der Waals surface area contributed by atoms with Gasteiger partial charge in [0.15, 0.2) is 0 Å². The third kappa shape index (κ3) is 1.98. The van der Waals surface area contributed by atoms with Gasteiger partial charge in [0, 0.05) is 10.9 Å². The van der Waals surface area contributed by atoms with E-state index in [2.05, 4.69) is 9.97 Å². The number of benzene rings is 1. The zero-order chi connectivity index (χ0) is 13.4. The molecule has 0 aliphatic heterocycles. The minimum Gasteiger partial charge on any atom is -0.478 e. The van der Waals surface area contributed by atoms with Crippen molar-refractivity contribution in [2.24, 2.45) is 0 Å². The molecule has 0 amide bonds. The summed E-state index contributed by atoms with van der Waals surface area (Å²) in [5.74, 6) is -0.305. The van der Waals surface area contributed by atoms with Crippen molar-refractivity contribution in [1.29, 1.82) is 0 Å². The molecule has 1 N–H and O–H groups in total. The first-order valence-electron chi connectivity index (χ1n) is 5.71. The summed E-state index contributed by atoms with van der Waals surface area (Å²) in [6.45, 7) is 1.81. The number of nitrogens with zero attached hydrogens (tertiary/aromatic N) is 2. The molecule has 0 saturated heterocycles. The number of carboxylic acids is 1. The van der Waals surface area contributed by atoms with E-state index in [0.29, 0.717) is 17.1 Å². The highest BCUT2D eigenvalue weighted by atomic mass is 32.1. The molecule has 0 spiro atoms. The first-order valence-corrected chi connectivity index (χ1v) is 6.59. The lowest BCUT2D eigenvalue weighted by molar-refractivity contribution is 0.0697. The van der Waals surface area contributed by atoms with Crippen LogP contribution in [0, 0.1) is 6.92 Å². The van der Waals surface area contributed by atoms with E-state index < -0.39 is 5.97 Å². The number of aromatic carboxylic acids is 1. The van der Waals surface area contributed by atoms with Gasteiger partial charge in [0.2, 0.25) is 0 Å². The number of hydrogen-bond donors (Lipinski definition) is 1. The van der Waals surface area contributed by atoms with Crippen molar-refractivity contribution in [3.8, 4) is 11.3 Å². The largest absolute Gasteiger partial charge is 0.478 e. The number of aryl methyl sites for hydroxylation is 1. The SMILES string of the molecule is Cc1nc(-c2ccccc2C(=O)O)c2ccsc2n1. The summed E-state index contributed by atoms with van der Waals surface area (Å²) in [6.07, 6.45) is 0. The molecule has 0 fully saturated rings. The fourth-order valence-electron chi connectivity index (χ4n) is 2.04. The fourth-order valence-corrected chi connectivity index (χ4v) is 2.85. The van der Waals surface area contributed by atoms with Gasteiger partial charge in [-0.05, 0) is 24.4 Å². The Kier molecular flexibility index (Phi) is 2.76. The maximum Gasteiger partial charge on any atom is 0.336 e. The molecule has 0 aliphatic carbocycles. The Hall–Kier alpha value is -2.27. The smallest absolute Gasteiger partial charge is 0.336 e. The van der Waals surface area contributed by atoms with E-state index in [1.54, 1.807) is 18.2 Å². The van der Waals surface area contributed by atoms with E-state index in [-0.39, 0.29) is 5.56 Å². The number of hydrogen-bond acceptors (Lipinski definition) is 4. The van der Waals surface area contributed by atoms with Gasteiger partial charge in [-0.1, -0.05) is 18.2 Å². The van der Waals surface area contributed by atoms with E-state index in [0.717, 1.165) is 10.2 Å². The summed E-state index contributed by atoms with van der Waals surface area (Å²) in [5, 5.41) is 12.1. The van der Waals surface area contributed by atoms with Crippen LogP contribution in [0.4, 0.5) is 0 Å². The Bertz CT molecular complexity index is 780. The summed E-state index contributed by atoms with van der Waals surface area (Å²) >= 11 is 1.53. The molecule has 0 atom stereocenters. The molecule has 0 radical (unpaired) electrons. The topological polar surface area (TPSA) is 63.1 Å². The Balaban J connectivity index is 2.36. The second kappa shape index (κ2) is 4.44. The predicted octanol–water partition coefficient (Wildman–Crippen LogP) is 3.36. The number of carboxylic acid groups (broad SMARTS) is 1. The number of carbonyl (C=O) groups is 1. The molecule has 4 nitrogen and oxygen atoms in total. The molecular weight excluding hydrogens is 260 g/mol. The molecule has 19 heavy (non-hydrogen) atoms. The van der Waals surface area contributed by atoms with Crippen molar-refractivity contribution >= 4 is 27.5 Å². The summed E-state index contributed by atoms with van der Waals surface area (Å²) in [7, 11) is 0. The molecule has 1 aromatic carbocycles. The second-order valence-electron chi connectivity index (χ2n) is 4.11. The third-order valence-corrected chi connectivity index (χ3v) is 3.66. The maximum atomic E-state index is 11.3. The zero-order valence-corrected chi connectivity index (χ0v) is 10.9. The van der Waals surface area contributed by atoms with Gasteiger partial charge >= 0.3 is 5.97 Å². The second-order valence-corrected chi connectivity index (χ2v) is 5.00. The average molecular weight is 270 g/mol. The highest BCUT2D eigenvalue weighted by molar-refractivity contribution is 7.16. The van der Waals surface area contributed by atoms with Gasteiger partial charge in [-0.25, -0.2) is 14.8 Å². The molecule has 2 heterocycles. The van der Waals surface area contributed by atoms with Crippen molar-refractivity contribution in [2.45, 2.75) is 6.92 Å². The summed E-state index contributed by atoms with van der Waals surface area (Å²) in [5.41, 5.74) is 1.57. The van der Waals surface area contributed by atoms with Gasteiger partial charge in [-0.2, -0.15) is 0 Å². The Morgan fingerprint density at radius 1 is 1.21 bits per heavy atom. The molecule has 0 saturated carbocycles. The van der Waals surface area contributed by atoms with Crippen molar-refractivity contribution < 1.29 is 9.90 Å². The predicted molar refractivity (Wildman–Crippen MR) is 74.5 cm³/mol. The Labute approximate surface area is 113 Å². The van der Waals surface area contributed by atoms with Gasteiger partial charge < -0.3 is 5.11 Å². The van der Waals surface area contributed by atoms with Crippen molar-refractivity contribution in [1.82, 2.24) is 9.97 Å². The first kappa shape index (κ1) is 11.8. The average Bonchev–Trinajstić information content (AvgIpc) is 2.85. The molecule has 3 aromatic rings. The van der Waals surface area contributed by atoms with Gasteiger partial charge in [0.25, 0.3) is 0 Å². The lowest BCUT2D eigenvalue weighted by Crippen LogP contribution is -2.01. The minimum atomic E-state index is -0.949. The number of thiophene rings is 1. The van der Waals surface area contributed by atoms with Crippen LogP contribution in [0.15, 0.2) is 35.7 Å². The van der Waals surface area contributed by atoms with Gasteiger partial charge in [0.05, 0.1) is 11.3 Å². The van der Waals surface area contributed by atoms with Gasteiger partial charge in [0.1, 0.15) is 10.7 Å². The monoisotopic (exact) mass is 270 g/mol. The number of fused-ring (bicyclic) bond motifs is 1. The first-order chi connectivity index (χ1) is 9.16. The Morgan fingerprint density at radius 2 is 2.00 bits per heavy atom. The Morgan fingerprint density at radius 3 is 2.79 bits per heavy atom. The summed E-state index contributed by atoms with van der Waals surface area (Å²) < 4.78 is 0. The molecular formula is C14H10N2O2S. The summed E-state index contributed by atoms with van der Waals surface area (Å²) in [6, 6.07) is 8.83. The lowest BCUT2D eigenvalue weighted by Gasteiger charge is -2.07. The fraction of sp³-hybridized carbons (Fsp3) is 0.0714. The molecule has 5 heteroatoms. The van der Waals surface area contributed by atoms with Crippen LogP contribution >= 0.6 is 11.3 Å². The quantitative estimate of drug-likeness (QED) is 0.775. The molecule has 2 aromatic heterocycles. The highest BCUT2D eigenvalue weighted by Gasteiger charge is 2.15. The van der Waals surface area contributed by atoms with Crippen LogP contribution in [-0.4, -0.2) is 21.0 Å². The maximum absolute atomic E-state index is 11.3. The summed E-state index contributed by atoms with van der Waals surface area (Å²) in [4.78, 5) is 21.0. The van der Waals surface area contributed by atoms with Crippen LogP contribution in [-0.2, 0) is 0 Å². The van der Waals surface area contributed by atoms with E-state index in [4.69, 9.17) is 0 Å². The van der Waals surface area contributed by atoms with Crippen LogP contribution in [0.25, 0.3) is 21.5 Å². The highest BCUT2D eigenvalue weighted by Crippen LogP contribution is 2.31. The van der Waals surface area contributed by atoms with E-state index in [1.165, 1.54) is 11.3 Å². The molecule has 0 unspecified atom stereocenters. The molecule has 0 bridgehead atoms. The van der Waals surface area contributed by atoms with E-state index >= 15 is 0 Å². The van der Waals surface area contributed by atoms with E-state index in [9.17, 15) is 9.90 Å².